The molecule has 0 aliphatic heterocycles. The van der Waals surface area contributed by atoms with Crippen LogP contribution < -0.4 is 4.87 Å². The maximum Gasteiger partial charge on any atom is 0.305 e. The number of hydrogen-bond donors (Lipinski definition) is 1. The molecule has 0 bridgehead atoms. The first-order valence-corrected chi connectivity index (χ1v) is 6.18. The molecule has 0 amide bonds. The van der Waals surface area contributed by atoms with E-state index in [1.54, 1.807) is 12.1 Å². The Morgan fingerprint density at radius 1 is 1.53 bits per heavy atom. The van der Waals surface area contributed by atoms with Crippen molar-refractivity contribution in [2.45, 2.75) is 26.2 Å². The quantitative estimate of drug-likeness (QED) is 0.849. The highest BCUT2D eigenvalue weighted by Gasteiger charge is 2.19. The molecular weight excluding hydrogens is 238 g/mol. The second kappa shape index (κ2) is 4.71. The van der Waals surface area contributed by atoms with E-state index in [-0.39, 0.29) is 23.0 Å². The van der Waals surface area contributed by atoms with Crippen LogP contribution in [-0.4, -0.2) is 10.8 Å². The van der Waals surface area contributed by atoms with Crippen molar-refractivity contribution in [3.8, 4) is 0 Å². The van der Waals surface area contributed by atoms with Crippen LogP contribution in [0.25, 0.3) is 0 Å². The van der Waals surface area contributed by atoms with E-state index in [4.69, 9.17) is 4.42 Å². The molecule has 0 radical (unpaired) electrons. The lowest BCUT2D eigenvalue weighted by molar-refractivity contribution is 0.0989. The molecule has 2 heterocycles. The van der Waals surface area contributed by atoms with Crippen molar-refractivity contribution in [3.05, 3.63) is 44.4 Å². The molecule has 0 spiro atoms. The van der Waals surface area contributed by atoms with Gasteiger partial charge < -0.3 is 9.40 Å². The Kier molecular flexibility index (Phi) is 3.28. The molecule has 2 aromatic rings. The van der Waals surface area contributed by atoms with E-state index in [1.807, 2.05) is 13.8 Å². The smallest absolute Gasteiger partial charge is 0.305 e. The van der Waals surface area contributed by atoms with E-state index in [0.717, 1.165) is 17.0 Å². The normalized spacial score (nSPS) is 11.0. The zero-order valence-corrected chi connectivity index (χ0v) is 10.5. The number of H-pyrrole nitrogens is 1. The van der Waals surface area contributed by atoms with Gasteiger partial charge in [0.15, 0.2) is 5.78 Å². The SMILES string of the molecule is CC(C)c1[nH]c(=O)sc1C(=O)Cc1ccco1. The van der Waals surface area contributed by atoms with Crippen LogP contribution in [0.15, 0.2) is 27.6 Å². The number of rotatable bonds is 4. The Hall–Kier alpha value is -1.62. The molecule has 0 aromatic carbocycles. The molecule has 2 aromatic heterocycles. The monoisotopic (exact) mass is 251 g/mol. The predicted molar refractivity (Wildman–Crippen MR) is 65.8 cm³/mol. The van der Waals surface area contributed by atoms with E-state index >= 15 is 0 Å². The van der Waals surface area contributed by atoms with Crippen LogP contribution in [0.5, 0.6) is 0 Å². The van der Waals surface area contributed by atoms with Gasteiger partial charge in [-0.05, 0) is 18.1 Å². The third-order valence-electron chi connectivity index (χ3n) is 2.42. The molecule has 0 fully saturated rings. The number of Topliss-reactive ketones (excluding diaryl/α,β-unsaturated/α-hetero) is 1. The van der Waals surface area contributed by atoms with Crippen molar-refractivity contribution in [2.75, 3.05) is 0 Å². The van der Waals surface area contributed by atoms with Gasteiger partial charge in [-0.15, -0.1) is 0 Å². The number of nitrogens with one attached hydrogen (secondary N) is 1. The van der Waals surface area contributed by atoms with Gasteiger partial charge in [0.2, 0.25) is 0 Å². The largest absolute Gasteiger partial charge is 0.469 e. The van der Waals surface area contributed by atoms with Gasteiger partial charge in [-0.1, -0.05) is 25.2 Å². The molecule has 90 valence electrons. The van der Waals surface area contributed by atoms with E-state index in [9.17, 15) is 9.59 Å². The summed E-state index contributed by atoms with van der Waals surface area (Å²) < 4.78 is 5.13. The van der Waals surface area contributed by atoms with Crippen LogP contribution in [-0.2, 0) is 6.42 Å². The summed E-state index contributed by atoms with van der Waals surface area (Å²) in [7, 11) is 0. The third kappa shape index (κ3) is 2.55. The van der Waals surface area contributed by atoms with Crippen molar-refractivity contribution in [1.29, 1.82) is 0 Å². The van der Waals surface area contributed by atoms with Crippen LogP contribution in [0.1, 0.15) is 40.9 Å². The molecule has 0 saturated heterocycles. The lowest BCUT2D eigenvalue weighted by Crippen LogP contribution is -2.05. The second-order valence-electron chi connectivity index (χ2n) is 4.09. The molecule has 0 aliphatic carbocycles. The molecule has 0 atom stereocenters. The summed E-state index contributed by atoms with van der Waals surface area (Å²) in [6.07, 6.45) is 1.73. The van der Waals surface area contributed by atoms with Gasteiger partial charge in [0, 0.05) is 5.69 Å². The Morgan fingerprint density at radius 2 is 2.29 bits per heavy atom. The van der Waals surface area contributed by atoms with E-state index < -0.39 is 0 Å². The lowest BCUT2D eigenvalue weighted by Gasteiger charge is -2.04. The Labute approximate surface area is 102 Å². The van der Waals surface area contributed by atoms with E-state index in [0.29, 0.717) is 10.6 Å². The van der Waals surface area contributed by atoms with E-state index in [1.165, 1.54) is 6.26 Å². The summed E-state index contributed by atoms with van der Waals surface area (Å²) in [5.74, 6) is 0.669. The summed E-state index contributed by atoms with van der Waals surface area (Å²) >= 11 is 0.970. The highest BCUT2D eigenvalue weighted by Crippen LogP contribution is 2.20. The van der Waals surface area contributed by atoms with Crippen LogP contribution in [0.2, 0.25) is 0 Å². The van der Waals surface area contributed by atoms with Crippen molar-refractivity contribution >= 4 is 17.1 Å². The maximum atomic E-state index is 12.0. The summed E-state index contributed by atoms with van der Waals surface area (Å²) in [5, 5.41) is 0. The standard InChI is InChI=1S/C12H13NO3S/c1-7(2)10-11(17-12(15)13-10)9(14)6-8-4-3-5-16-8/h3-5,7H,6H2,1-2H3,(H,13,15). The number of ketones is 1. The van der Waals surface area contributed by atoms with Crippen LogP contribution >= 0.6 is 11.3 Å². The fraction of sp³-hybridized carbons (Fsp3) is 0.333. The van der Waals surface area contributed by atoms with Crippen LogP contribution in [0.3, 0.4) is 0 Å². The predicted octanol–water partition coefficient (Wildman–Crippen LogP) is 2.58. The maximum absolute atomic E-state index is 12.0. The van der Waals surface area contributed by atoms with Crippen molar-refractivity contribution in [1.82, 2.24) is 4.98 Å². The average molecular weight is 251 g/mol. The lowest BCUT2D eigenvalue weighted by atomic mass is 10.1. The molecule has 1 N–H and O–H groups in total. The Morgan fingerprint density at radius 3 is 2.88 bits per heavy atom. The highest BCUT2D eigenvalue weighted by atomic mass is 32.1. The molecule has 0 aliphatic rings. The first kappa shape index (κ1) is 11.9. The molecule has 17 heavy (non-hydrogen) atoms. The number of carbonyl (C=O) groups is 1. The zero-order chi connectivity index (χ0) is 12.4. The molecule has 5 heteroatoms. The number of furan rings is 1. The van der Waals surface area contributed by atoms with E-state index in [2.05, 4.69) is 4.98 Å². The molecule has 4 nitrogen and oxygen atoms in total. The van der Waals surface area contributed by atoms with Crippen LogP contribution in [0.4, 0.5) is 0 Å². The van der Waals surface area contributed by atoms with Gasteiger partial charge in [0.25, 0.3) is 0 Å². The first-order chi connectivity index (χ1) is 8.08. The molecular formula is C12H13NO3S. The van der Waals surface area contributed by atoms with Crippen molar-refractivity contribution in [2.24, 2.45) is 0 Å². The summed E-state index contributed by atoms with van der Waals surface area (Å²) in [6.45, 7) is 3.89. The number of aromatic amines is 1. The number of thiazole rings is 1. The minimum Gasteiger partial charge on any atom is -0.469 e. The van der Waals surface area contributed by atoms with Gasteiger partial charge in [-0.2, -0.15) is 0 Å². The summed E-state index contributed by atoms with van der Waals surface area (Å²) in [6, 6.07) is 3.49. The second-order valence-corrected chi connectivity index (χ2v) is 5.07. The number of aromatic nitrogens is 1. The summed E-state index contributed by atoms with van der Waals surface area (Å²) in [5.41, 5.74) is 0.719. The molecule has 2 rings (SSSR count). The molecule has 0 saturated carbocycles. The topological polar surface area (TPSA) is 63.1 Å². The number of carbonyl (C=O) groups excluding carboxylic acids is 1. The van der Waals surface area contributed by atoms with Gasteiger partial charge in [-0.3, -0.25) is 9.59 Å². The average Bonchev–Trinajstić information content (AvgIpc) is 2.86. The first-order valence-electron chi connectivity index (χ1n) is 5.36. The summed E-state index contributed by atoms with van der Waals surface area (Å²) in [4.78, 5) is 26.4. The van der Waals surface area contributed by atoms with Gasteiger partial charge in [0.1, 0.15) is 5.76 Å². The number of hydrogen-bond acceptors (Lipinski definition) is 4. The zero-order valence-electron chi connectivity index (χ0n) is 9.65. The fourth-order valence-corrected chi connectivity index (χ4v) is 2.53. The van der Waals surface area contributed by atoms with Crippen molar-refractivity contribution in [3.63, 3.8) is 0 Å². The van der Waals surface area contributed by atoms with Gasteiger partial charge >= 0.3 is 4.87 Å². The minimum atomic E-state index is -0.184. The van der Waals surface area contributed by atoms with Gasteiger partial charge in [-0.25, -0.2) is 0 Å². The Balaban J connectivity index is 2.27. The molecule has 0 unspecified atom stereocenters. The van der Waals surface area contributed by atoms with Crippen molar-refractivity contribution < 1.29 is 9.21 Å². The Bertz CT molecular complexity index is 563. The minimum absolute atomic E-state index is 0.0769. The van der Waals surface area contributed by atoms with Gasteiger partial charge in [0.05, 0.1) is 17.6 Å². The van der Waals surface area contributed by atoms with Crippen LogP contribution in [0, 0.1) is 0 Å². The third-order valence-corrected chi connectivity index (χ3v) is 3.36. The highest BCUT2D eigenvalue weighted by molar-refractivity contribution is 7.11. The fourth-order valence-electron chi connectivity index (χ4n) is 1.61.